The fourth-order valence-electron chi connectivity index (χ4n) is 2.94. The highest BCUT2D eigenvalue weighted by Gasteiger charge is 2.02. The van der Waals surface area contributed by atoms with Crippen molar-refractivity contribution >= 4 is 46.4 Å². The van der Waals surface area contributed by atoms with E-state index in [0.29, 0.717) is 0 Å². The van der Waals surface area contributed by atoms with E-state index in [4.69, 9.17) is 0 Å². The highest BCUT2D eigenvalue weighted by atomic mass is 14.8. The van der Waals surface area contributed by atoms with Gasteiger partial charge in [-0.1, -0.05) is 0 Å². The maximum atomic E-state index is 4.62. The lowest BCUT2D eigenvalue weighted by atomic mass is 10.3. The van der Waals surface area contributed by atoms with E-state index in [1.165, 1.54) is 0 Å². The highest BCUT2D eigenvalue weighted by Crippen LogP contribution is 2.17. The van der Waals surface area contributed by atoms with Crippen molar-refractivity contribution in [1.29, 1.82) is 0 Å². The van der Waals surface area contributed by atoms with Crippen molar-refractivity contribution in [1.82, 2.24) is 19.9 Å². The Hall–Kier alpha value is -3.40. The van der Waals surface area contributed by atoms with Gasteiger partial charge in [0.15, 0.2) is 0 Å². The molecule has 5 heterocycles. The van der Waals surface area contributed by atoms with Gasteiger partial charge in [0.05, 0.1) is 22.8 Å². The van der Waals surface area contributed by atoms with Crippen molar-refractivity contribution in [3.05, 3.63) is 71.3 Å². The van der Waals surface area contributed by atoms with Gasteiger partial charge in [-0.15, -0.1) is 0 Å². The van der Waals surface area contributed by atoms with Gasteiger partial charge in [-0.3, -0.25) is 0 Å². The summed E-state index contributed by atoms with van der Waals surface area (Å²) in [5, 5.41) is 0. The van der Waals surface area contributed by atoms with E-state index < -0.39 is 0 Å². The van der Waals surface area contributed by atoms with Crippen LogP contribution in [-0.4, -0.2) is 19.9 Å². The molecule has 0 saturated carbocycles. The lowest BCUT2D eigenvalue weighted by Gasteiger charge is -1.86. The predicted molar refractivity (Wildman–Crippen MR) is 98.9 cm³/mol. The number of fused-ring (bicyclic) bond motifs is 8. The standard InChI is InChI=1S/C20H14N4/c1-2-14-10-16-5-6-18(23-16)12-20-8-7-19(24-20)11-17-4-3-15(22-17)9-13(1)21-14/h1-12,21-22H. The molecular formula is C20H14N4. The molecule has 0 aromatic carbocycles. The van der Waals surface area contributed by atoms with Crippen molar-refractivity contribution < 1.29 is 0 Å². The first-order chi connectivity index (χ1) is 11.8. The Labute approximate surface area is 138 Å². The molecule has 24 heavy (non-hydrogen) atoms. The number of nitrogens with one attached hydrogen (secondary N) is 2. The van der Waals surface area contributed by atoms with Gasteiger partial charge in [-0.05, 0) is 72.8 Å². The Morgan fingerprint density at radius 3 is 1.29 bits per heavy atom. The first kappa shape index (κ1) is 13.1. The Bertz CT molecular complexity index is 1070. The van der Waals surface area contributed by atoms with E-state index in [-0.39, 0.29) is 0 Å². The van der Waals surface area contributed by atoms with E-state index in [9.17, 15) is 0 Å². The Morgan fingerprint density at radius 2 is 0.833 bits per heavy atom. The number of hydrogen-bond donors (Lipinski definition) is 2. The third-order valence-electron chi connectivity index (χ3n) is 4.04. The van der Waals surface area contributed by atoms with Gasteiger partial charge in [0, 0.05) is 22.1 Å². The van der Waals surface area contributed by atoms with Crippen LogP contribution in [0.3, 0.4) is 0 Å². The Kier molecular flexibility index (Phi) is 2.76. The van der Waals surface area contributed by atoms with Crippen LogP contribution in [0.5, 0.6) is 0 Å². The largest absolute Gasteiger partial charge is 0.355 e. The number of hydrogen-bond acceptors (Lipinski definition) is 2. The van der Waals surface area contributed by atoms with Gasteiger partial charge < -0.3 is 9.97 Å². The molecular weight excluding hydrogens is 296 g/mol. The van der Waals surface area contributed by atoms with E-state index in [1.807, 2.05) is 42.5 Å². The summed E-state index contributed by atoms with van der Waals surface area (Å²) < 4.78 is 0. The smallest absolute Gasteiger partial charge is 0.0659 e. The van der Waals surface area contributed by atoms with Crippen LogP contribution >= 0.6 is 0 Å². The number of rotatable bonds is 0. The van der Waals surface area contributed by atoms with Gasteiger partial charge in [-0.25, -0.2) is 9.97 Å². The second-order valence-corrected chi connectivity index (χ2v) is 5.91. The number of aromatic nitrogens is 4. The third-order valence-corrected chi connectivity index (χ3v) is 4.04. The molecule has 5 rings (SSSR count). The molecule has 0 unspecified atom stereocenters. The fourth-order valence-corrected chi connectivity index (χ4v) is 2.94. The summed E-state index contributed by atoms with van der Waals surface area (Å²) in [6.45, 7) is 0. The zero-order valence-electron chi connectivity index (χ0n) is 12.8. The molecule has 3 aromatic rings. The van der Waals surface area contributed by atoms with Crippen molar-refractivity contribution in [3.8, 4) is 0 Å². The first-order valence-corrected chi connectivity index (χ1v) is 7.85. The summed E-state index contributed by atoms with van der Waals surface area (Å²) in [5.74, 6) is 0. The average Bonchev–Trinajstić information content (AvgIpc) is 3.32. The second kappa shape index (κ2) is 5.06. The van der Waals surface area contributed by atoms with Gasteiger partial charge in [0.1, 0.15) is 0 Å². The quantitative estimate of drug-likeness (QED) is 0.437. The van der Waals surface area contributed by atoms with E-state index in [1.54, 1.807) is 0 Å². The number of H-pyrrole nitrogens is 2. The molecule has 4 heteroatoms. The maximum Gasteiger partial charge on any atom is 0.0659 e. The molecule has 0 radical (unpaired) electrons. The summed E-state index contributed by atoms with van der Waals surface area (Å²) in [6.07, 6.45) is 8.05. The van der Waals surface area contributed by atoms with Gasteiger partial charge >= 0.3 is 0 Å². The van der Waals surface area contributed by atoms with Crippen molar-refractivity contribution in [3.63, 3.8) is 0 Å². The lowest BCUT2D eigenvalue weighted by molar-refractivity contribution is 1.28. The van der Waals surface area contributed by atoms with Gasteiger partial charge in [0.25, 0.3) is 0 Å². The first-order valence-electron chi connectivity index (χ1n) is 7.85. The van der Waals surface area contributed by atoms with Crippen LogP contribution < -0.4 is 0 Å². The molecule has 0 aliphatic carbocycles. The normalized spacial score (nSPS) is 12.7. The molecule has 0 atom stereocenters. The van der Waals surface area contributed by atoms with Crippen molar-refractivity contribution in [2.24, 2.45) is 0 Å². The van der Waals surface area contributed by atoms with Crippen LogP contribution in [0.15, 0.2) is 48.5 Å². The molecule has 3 aromatic heterocycles. The van der Waals surface area contributed by atoms with E-state index in [2.05, 4.69) is 50.3 Å². The fraction of sp³-hybridized carbons (Fsp3) is 0. The zero-order valence-corrected chi connectivity index (χ0v) is 12.8. The molecule has 0 fully saturated rings. The summed E-state index contributed by atoms with van der Waals surface area (Å²) in [4.78, 5) is 16.0. The lowest BCUT2D eigenvalue weighted by Crippen LogP contribution is -1.77. The zero-order chi connectivity index (χ0) is 15.9. The van der Waals surface area contributed by atoms with Crippen LogP contribution in [0.2, 0.25) is 0 Å². The summed E-state index contributed by atoms with van der Waals surface area (Å²) >= 11 is 0. The highest BCUT2D eigenvalue weighted by molar-refractivity contribution is 5.77. The third kappa shape index (κ3) is 2.44. The molecule has 0 spiro atoms. The summed E-state index contributed by atoms with van der Waals surface area (Å²) in [7, 11) is 0. The maximum absolute atomic E-state index is 4.62. The van der Waals surface area contributed by atoms with Crippen molar-refractivity contribution in [2.75, 3.05) is 0 Å². The van der Waals surface area contributed by atoms with E-state index in [0.717, 1.165) is 44.8 Å². The van der Waals surface area contributed by atoms with Crippen LogP contribution in [0, 0.1) is 0 Å². The van der Waals surface area contributed by atoms with Crippen molar-refractivity contribution in [2.45, 2.75) is 0 Å². The Balaban J connectivity index is 1.85. The Morgan fingerprint density at radius 1 is 0.458 bits per heavy atom. The molecule has 4 nitrogen and oxygen atoms in total. The van der Waals surface area contributed by atoms with Crippen LogP contribution in [0.4, 0.5) is 0 Å². The predicted octanol–water partition coefficient (Wildman–Crippen LogP) is 4.66. The minimum Gasteiger partial charge on any atom is -0.355 e. The minimum atomic E-state index is 0.915. The van der Waals surface area contributed by atoms with Crippen LogP contribution in [0.1, 0.15) is 22.8 Å². The van der Waals surface area contributed by atoms with Gasteiger partial charge in [-0.2, -0.15) is 0 Å². The van der Waals surface area contributed by atoms with Gasteiger partial charge in [0.2, 0.25) is 0 Å². The summed E-state index contributed by atoms with van der Waals surface area (Å²) in [6, 6.07) is 16.4. The molecule has 2 aliphatic heterocycles. The SMILES string of the molecule is C1=Cc2cc3ccc(cc4ccc(cc5nc(cc1n2)C=C5)[nH]4)[nH]3. The average molecular weight is 310 g/mol. The molecule has 0 saturated heterocycles. The number of aromatic amines is 2. The second-order valence-electron chi connectivity index (χ2n) is 5.91. The molecule has 2 aliphatic rings. The summed E-state index contributed by atoms with van der Waals surface area (Å²) in [5.41, 5.74) is 7.86. The topological polar surface area (TPSA) is 57.4 Å². The number of nitrogens with zero attached hydrogens (tertiary/aromatic N) is 2. The monoisotopic (exact) mass is 310 g/mol. The minimum absolute atomic E-state index is 0.915. The molecule has 2 N–H and O–H groups in total. The molecule has 114 valence electrons. The van der Waals surface area contributed by atoms with Crippen LogP contribution in [-0.2, 0) is 0 Å². The molecule has 8 bridgehead atoms. The van der Waals surface area contributed by atoms with Crippen LogP contribution in [0.25, 0.3) is 46.4 Å². The van der Waals surface area contributed by atoms with E-state index >= 15 is 0 Å². The molecule has 0 amide bonds.